The smallest absolute Gasteiger partial charge is 0.243 e. The summed E-state index contributed by atoms with van der Waals surface area (Å²) in [5, 5.41) is 22.1. The number of H-pyrrole nitrogens is 1. The van der Waals surface area contributed by atoms with Gasteiger partial charge in [0.15, 0.2) is 11.9 Å². The third-order valence-corrected chi connectivity index (χ3v) is 14.9. The molecule has 2 rings (SSSR count). The molecule has 0 unspecified atom stereocenters. The first-order chi connectivity index (χ1) is 42.3. The van der Waals surface area contributed by atoms with Crippen LogP contribution in [-0.2, 0) is 59.2 Å². The molecule has 0 saturated heterocycles. The highest BCUT2D eigenvalue weighted by molar-refractivity contribution is 7.98. The fourth-order valence-corrected chi connectivity index (χ4v) is 9.67. The fourth-order valence-electron chi connectivity index (χ4n) is 9.20. The van der Waals surface area contributed by atoms with Crippen LogP contribution in [-0.4, -0.2) is 175 Å². The predicted octanol–water partition coefficient (Wildman–Crippen LogP) is -4.90. The number of hydrogen-bond acceptors (Lipinski definition) is 17. The standard InChI is InChI=1S/C56H97N21O11S/c1-32(20-21-44(60)78)47(81)76-43(30-45(61)79)54(88)74-40(19-12-27-68-56(65)66)49(83)72-39(18-11-26-67-55(63)64)50(84)75-41(22-28-89-2)52(86)71-38(17-7-10-25-59)51(85)77-42(29-33-31-69-35-14-4-3-13-34(33)35)53(87)73-37(16-6-9-24-58)48(82)70-36(46(62)80)15-5-8-23-57/h3-4,13-14,31-32,36-43,69H,5-12,15-30,57-59H2,1-2H3,(H2,60,78)(H2,61,79)(H2,62,80)(H,70,82)(H,71,86)(H,72,83)(H,73,87)(H,74,88)(H,75,84)(H,76,81)(H,77,85)(H4,63,64,67)(H4,65,66,68)/t32-,36-,37-,38-,39-,40-,41-,42-,43-/m0/s1. The Balaban J connectivity index is 2.62. The SMILES string of the molecule is CSCC[C@H](NC(=O)[C@H](CCCN=C(N)N)NC(=O)[C@H](CCCN=C(N)N)NC(=O)[C@H](CC(N)=O)NC(=O)[C@@H](C)CCC(N)=O)C(=O)N[C@@H](CCCCN)C(=O)N[C@@H](Cc1c[nH]c2ccccc12)C(=O)N[C@@H](CCCCN)C(=O)N[C@@H](CCCCN)C(N)=O. The van der Waals surface area contributed by atoms with Crippen LogP contribution in [0.25, 0.3) is 10.9 Å². The number of carbonyl (C=O) groups excluding carboxylic acids is 11. The van der Waals surface area contributed by atoms with Crippen LogP contribution in [0.2, 0.25) is 0 Å². The predicted molar refractivity (Wildman–Crippen MR) is 340 cm³/mol. The van der Waals surface area contributed by atoms with Crippen LogP contribution in [0, 0.1) is 5.92 Å². The van der Waals surface area contributed by atoms with E-state index in [1.165, 1.54) is 18.7 Å². The van der Waals surface area contributed by atoms with Gasteiger partial charge >= 0.3 is 0 Å². The Hall–Kier alpha value is -8.30. The van der Waals surface area contributed by atoms with E-state index in [2.05, 4.69) is 57.5 Å². The molecule has 29 N–H and O–H groups in total. The summed E-state index contributed by atoms with van der Waals surface area (Å²) in [5.41, 5.74) is 57.2. The Bertz CT molecular complexity index is 2690. The van der Waals surface area contributed by atoms with E-state index in [0.29, 0.717) is 62.9 Å². The van der Waals surface area contributed by atoms with E-state index in [-0.39, 0.29) is 102 Å². The topological polar surface area (TPSA) is 585 Å². The number of amides is 11. The maximum absolute atomic E-state index is 14.8. The van der Waals surface area contributed by atoms with Crippen molar-refractivity contribution in [1.82, 2.24) is 47.5 Å². The van der Waals surface area contributed by atoms with Gasteiger partial charge in [-0.3, -0.25) is 62.7 Å². The third kappa shape index (κ3) is 30.5. The zero-order valence-electron chi connectivity index (χ0n) is 51.1. The van der Waals surface area contributed by atoms with Crippen molar-refractivity contribution in [2.24, 2.45) is 73.2 Å². The van der Waals surface area contributed by atoms with E-state index >= 15 is 0 Å². The summed E-state index contributed by atoms with van der Waals surface area (Å²) in [7, 11) is 0. The van der Waals surface area contributed by atoms with Crippen LogP contribution < -0.4 is 99.9 Å². The van der Waals surface area contributed by atoms with Crippen LogP contribution in [0.3, 0.4) is 0 Å². The van der Waals surface area contributed by atoms with Crippen LogP contribution >= 0.6 is 11.8 Å². The Labute approximate surface area is 522 Å². The summed E-state index contributed by atoms with van der Waals surface area (Å²) in [5.74, 6) is -10.0. The van der Waals surface area contributed by atoms with Crippen LogP contribution in [0.4, 0.5) is 0 Å². The van der Waals surface area contributed by atoms with Gasteiger partial charge in [0.2, 0.25) is 65.0 Å². The number of aromatic amines is 1. The van der Waals surface area contributed by atoms with Crippen molar-refractivity contribution in [3.05, 3.63) is 36.0 Å². The van der Waals surface area contributed by atoms with Crippen molar-refractivity contribution in [3.63, 3.8) is 0 Å². The number of para-hydroxylation sites is 1. The average molecular weight is 1270 g/mol. The number of thioether (sulfide) groups is 1. The molecule has 0 fully saturated rings. The second-order valence-corrected chi connectivity index (χ2v) is 22.5. The molecular formula is C56H97N21O11S. The molecule has 11 amide bonds. The number of aromatic nitrogens is 1. The molecule has 0 radical (unpaired) electrons. The lowest BCUT2D eigenvalue weighted by molar-refractivity contribution is -0.136. The van der Waals surface area contributed by atoms with Gasteiger partial charge in [-0.15, -0.1) is 0 Å². The summed E-state index contributed by atoms with van der Waals surface area (Å²) in [6.07, 6.45) is 5.49. The van der Waals surface area contributed by atoms with Gasteiger partial charge in [-0.1, -0.05) is 25.1 Å². The molecule has 0 spiro atoms. The van der Waals surface area contributed by atoms with E-state index in [0.717, 1.165) is 10.9 Å². The van der Waals surface area contributed by atoms with E-state index < -0.39 is 126 Å². The van der Waals surface area contributed by atoms with Crippen molar-refractivity contribution >= 4 is 99.6 Å². The Kier molecular flexibility index (Phi) is 36.7. The van der Waals surface area contributed by atoms with Gasteiger partial charge in [0.05, 0.1) is 6.42 Å². The molecule has 9 atom stereocenters. The first-order valence-corrected chi connectivity index (χ1v) is 31.3. The molecule has 498 valence electrons. The monoisotopic (exact) mass is 1270 g/mol. The summed E-state index contributed by atoms with van der Waals surface area (Å²) in [6, 6.07) is -3.56. The van der Waals surface area contributed by atoms with Crippen LogP contribution in [0.1, 0.15) is 122 Å². The molecule has 1 aromatic heterocycles. The Morgan fingerprint density at radius 3 is 1.26 bits per heavy atom. The first kappa shape index (κ1) is 76.8. The maximum Gasteiger partial charge on any atom is 0.243 e. The minimum Gasteiger partial charge on any atom is -0.370 e. The zero-order chi connectivity index (χ0) is 66.4. The van der Waals surface area contributed by atoms with Gasteiger partial charge in [0.25, 0.3) is 0 Å². The lowest BCUT2D eigenvalue weighted by Gasteiger charge is -2.28. The van der Waals surface area contributed by atoms with E-state index in [1.807, 2.05) is 18.2 Å². The number of rotatable bonds is 47. The summed E-state index contributed by atoms with van der Waals surface area (Å²) >= 11 is 1.34. The second-order valence-electron chi connectivity index (χ2n) is 21.6. The van der Waals surface area contributed by atoms with E-state index in [9.17, 15) is 52.7 Å². The number of benzene rings is 1. The number of guanidine groups is 2. The highest BCUT2D eigenvalue weighted by Gasteiger charge is 2.36. The van der Waals surface area contributed by atoms with Crippen molar-refractivity contribution in [2.45, 2.75) is 171 Å². The minimum absolute atomic E-state index is 0.00412. The van der Waals surface area contributed by atoms with Crippen molar-refractivity contribution in [1.29, 1.82) is 0 Å². The summed E-state index contributed by atoms with van der Waals surface area (Å²) in [4.78, 5) is 161. The largest absolute Gasteiger partial charge is 0.370 e. The van der Waals surface area contributed by atoms with Crippen molar-refractivity contribution in [2.75, 3.05) is 44.7 Å². The van der Waals surface area contributed by atoms with Crippen LogP contribution in [0.5, 0.6) is 0 Å². The highest BCUT2D eigenvalue weighted by atomic mass is 32.2. The number of fused-ring (bicyclic) bond motifs is 1. The number of nitrogens with zero attached hydrogens (tertiary/aromatic N) is 2. The van der Waals surface area contributed by atoms with Gasteiger partial charge in [-0.05, 0) is 140 Å². The maximum atomic E-state index is 14.8. The lowest BCUT2D eigenvalue weighted by Crippen LogP contribution is -2.60. The molecule has 0 aliphatic carbocycles. The van der Waals surface area contributed by atoms with Crippen molar-refractivity contribution < 1.29 is 52.7 Å². The molecule has 2 aromatic rings. The van der Waals surface area contributed by atoms with Crippen molar-refractivity contribution in [3.8, 4) is 0 Å². The molecular weight excluding hydrogens is 1170 g/mol. The summed E-state index contributed by atoms with van der Waals surface area (Å²) in [6.45, 7) is 2.35. The fraction of sp³-hybridized carbons (Fsp3) is 0.625. The van der Waals surface area contributed by atoms with Gasteiger partial charge in [-0.25, -0.2) is 0 Å². The molecule has 32 nitrogen and oxygen atoms in total. The van der Waals surface area contributed by atoms with E-state index in [4.69, 9.17) is 57.3 Å². The highest BCUT2D eigenvalue weighted by Crippen LogP contribution is 2.20. The molecule has 89 heavy (non-hydrogen) atoms. The number of unbranched alkanes of at least 4 members (excludes halogenated alkanes) is 3. The first-order valence-electron chi connectivity index (χ1n) is 29.9. The molecule has 0 aliphatic rings. The number of nitrogens with two attached hydrogens (primary N) is 10. The number of hydrogen-bond donors (Lipinski definition) is 19. The third-order valence-electron chi connectivity index (χ3n) is 14.2. The van der Waals surface area contributed by atoms with Gasteiger partial charge < -0.3 is 105 Å². The Morgan fingerprint density at radius 1 is 0.461 bits per heavy atom. The molecule has 1 aromatic carbocycles. The lowest BCUT2D eigenvalue weighted by atomic mass is 10.0. The van der Waals surface area contributed by atoms with Gasteiger partial charge in [-0.2, -0.15) is 11.8 Å². The normalized spacial score (nSPS) is 14.1. The quantitative estimate of drug-likeness (QED) is 0.0168. The number of primary amides is 3. The molecule has 33 heteroatoms. The molecule has 0 saturated carbocycles. The van der Waals surface area contributed by atoms with Gasteiger partial charge in [0.1, 0.15) is 48.3 Å². The second kappa shape index (κ2) is 42.6. The number of carbonyl (C=O) groups is 11. The number of aliphatic imine (C=N–C) groups is 2. The Morgan fingerprint density at radius 2 is 0.843 bits per heavy atom. The zero-order valence-corrected chi connectivity index (χ0v) is 51.9. The average Bonchev–Trinajstić information content (AvgIpc) is 3.92. The minimum atomic E-state index is -1.59. The molecule has 1 heterocycles. The summed E-state index contributed by atoms with van der Waals surface area (Å²) < 4.78 is 0. The van der Waals surface area contributed by atoms with Gasteiger partial charge in [0, 0.05) is 48.9 Å². The molecule has 0 aliphatic heterocycles. The molecule has 0 bridgehead atoms. The van der Waals surface area contributed by atoms with Crippen LogP contribution in [0.15, 0.2) is 40.4 Å². The number of nitrogens with one attached hydrogen (secondary N) is 9. The van der Waals surface area contributed by atoms with E-state index in [1.54, 1.807) is 18.5 Å².